The highest BCUT2D eigenvalue weighted by Crippen LogP contribution is 2.22. The standard InChI is InChI=1S/C14H17NO4.C14H19NO3.C11H13NO2.C4H10BO.C4H7BrO2.CH4/c1-2-18-14(17)9-19-12-4-3-10-5-6-15-13(16)8-11(10)7-12;1-2-17-14(16)10-18-13-4-3-11-5-7-15-8-6-12(11)9-13;1-14-10-3-2-8-4-5-12-11(13)7-9(8)6-10;5-4-2-1-3-6-4;1-2-7-4(6)3-5;/h3-4,7H,2,5-6,8-9H2,1H3,(H,15,16);3-4,9,15H,2,5-8,10H2,1H3;2-3,6H,4-5,7H2,1H3,(H,12,13);4H,1-3H2,5H3;2-3H2,1H3;1H4/q;;;-1;;. The Morgan fingerprint density at radius 2 is 1.08 bits per heavy atom. The van der Waals surface area contributed by atoms with Crippen LogP contribution in [-0.2, 0) is 81.4 Å². The fourth-order valence-corrected chi connectivity index (χ4v) is 6.59. The van der Waals surface area contributed by atoms with Crippen molar-refractivity contribution in [1.82, 2.24) is 16.0 Å². The van der Waals surface area contributed by atoms with E-state index in [-0.39, 0.29) is 44.4 Å². The number of carbonyl (C=O) groups excluding carboxylic acids is 5. The molecule has 17 heteroatoms. The molecule has 3 aromatic carbocycles. The molecule has 360 valence electrons. The van der Waals surface area contributed by atoms with Crippen LogP contribution in [0.15, 0.2) is 54.6 Å². The Kier molecular flexibility index (Phi) is 28.0. The lowest BCUT2D eigenvalue weighted by atomic mass is 9.98. The van der Waals surface area contributed by atoms with Crippen LogP contribution in [-0.4, -0.2) is 122 Å². The average Bonchev–Trinajstić information content (AvgIpc) is 3.44. The zero-order valence-corrected chi connectivity index (χ0v) is 38.6. The van der Waals surface area contributed by atoms with Gasteiger partial charge in [0.1, 0.15) is 22.6 Å². The van der Waals surface area contributed by atoms with Gasteiger partial charge < -0.3 is 49.1 Å². The summed E-state index contributed by atoms with van der Waals surface area (Å²) in [6.45, 7) is 10.8. The molecule has 0 bridgehead atoms. The largest absolute Gasteiger partial charge is 0.497 e. The smallest absolute Gasteiger partial charge is 0.344 e. The van der Waals surface area contributed by atoms with Crippen molar-refractivity contribution in [2.75, 3.05) is 78.3 Å². The van der Waals surface area contributed by atoms with Crippen LogP contribution in [0, 0.1) is 0 Å². The molecular formula is C48H70BBrN3O12-. The Labute approximate surface area is 394 Å². The first-order chi connectivity index (χ1) is 31.0. The van der Waals surface area contributed by atoms with Gasteiger partial charge in [-0.2, -0.15) is 0 Å². The number of amides is 2. The number of carbonyl (C=O) groups is 5. The summed E-state index contributed by atoms with van der Waals surface area (Å²) in [6, 6.07) is 18.3. The molecule has 4 aliphatic rings. The van der Waals surface area contributed by atoms with Gasteiger partial charge in [0.05, 0.1) is 39.8 Å². The normalized spacial score (nSPS) is 15.5. The highest BCUT2D eigenvalue weighted by Gasteiger charge is 2.15. The number of nitrogens with one attached hydrogen (secondary N) is 3. The zero-order valence-electron chi connectivity index (χ0n) is 37.0. The first-order valence-electron chi connectivity index (χ1n) is 21.4. The van der Waals surface area contributed by atoms with Crippen LogP contribution in [0.4, 0.5) is 0 Å². The van der Waals surface area contributed by atoms with Crippen molar-refractivity contribution in [3.63, 3.8) is 0 Å². The van der Waals surface area contributed by atoms with Gasteiger partial charge in [-0.25, -0.2) is 9.59 Å². The van der Waals surface area contributed by atoms with Gasteiger partial charge in [-0.15, -0.1) is 0 Å². The molecule has 7 rings (SSSR count). The number of methoxy groups -OCH3 is 1. The van der Waals surface area contributed by atoms with Crippen LogP contribution in [0.2, 0.25) is 0 Å². The fraction of sp³-hybridized carbons (Fsp3) is 0.521. The Bertz CT molecular complexity index is 1930. The van der Waals surface area contributed by atoms with Gasteiger partial charge in [-0.1, -0.05) is 54.0 Å². The van der Waals surface area contributed by atoms with Crippen molar-refractivity contribution in [2.24, 2.45) is 0 Å². The minimum Gasteiger partial charge on any atom is -0.497 e. The first-order valence-corrected chi connectivity index (χ1v) is 22.6. The lowest BCUT2D eigenvalue weighted by Gasteiger charge is -2.09. The molecule has 0 aliphatic carbocycles. The monoisotopic (exact) mass is 970 g/mol. The SMILES string of the molecule is C.CCOC(=O)CBr.CCOC(=O)COc1ccc2c(c1)CC(=O)NCC2.CCOC(=O)COc1ccc2c(c1)CCNCC2.COc1ccc2c(c1)CC(=O)NCC2.[BH3-]C1CCCO1. The molecule has 1 unspecified atom stereocenters. The van der Waals surface area contributed by atoms with Crippen molar-refractivity contribution >= 4 is 53.5 Å². The number of hydrogen-bond acceptors (Lipinski definition) is 13. The quantitative estimate of drug-likeness (QED) is 0.108. The van der Waals surface area contributed by atoms with Crippen molar-refractivity contribution in [1.29, 1.82) is 0 Å². The number of benzene rings is 3. The Balaban J connectivity index is 0.000000294. The van der Waals surface area contributed by atoms with E-state index < -0.39 is 5.97 Å². The van der Waals surface area contributed by atoms with E-state index in [9.17, 15) is 24.0 Å². The van der Waals surface area contributed by atoms with Crippen LogP contribution in [0.25, 0.3) is 0 Å². The molecule has 4 aliphatic heterocycles. The fourth-order valence-electron chi connectivity index (χ4n) is 6.43. The third kappa shape index (κ3) is 22.6. The number of fused-ring (bicyclic) bond motifs is 3. The van der Waals surface area contributed by atoms with E-state index in [0.29, 0.717) is 58.1 Å². The predicted octanol–water partition coefficient (Wildman–Crippen LogP) is 4.14. The number of halogens is 1. The second-order valence-corrected chi connectivity index (χ2v) is 14.7. The Hall–Kier alpha value is -5.13. The lowest BCUT2D eigenvalue weighted by Crippen LogP contribution is -2.24. The van der Waals surface area contributed by atoms with E-state index in [1.165, 1.54) is 29.5 Å². The van der Waals surface area contributed by atoms with Gasteiger partial charge in [0.25, 0.3) is 0 Å². The molecule has 3 aromatic rings. The number of rotatable bonds is 11. The van der Waals surface area contributed by atoms with Crippen LogP contribution in [0.3, 0.4) is 0 Å². The van der Waals surface area contributed by atoms with Gasteiger partial charge >= 0.3 is 17.9 Å². The molecule has 4 heterocycles. The first kappa shape index (κ1) is 56.0. The molecule has 1 fully saturated rings. The third-order valence-electron chi connectivity index (χ3n) is 9.49. The number of alkyl halides is 1. The van der Waals surface area contributed by atoms with Crippen LogP contribution >= 0.6 is 15.9 Å². The summed E-state index contributed by atoms with van der Waals surface area (Å²) < 4.78 is 35.3. The highest BCUT2D eigenvalue weighted by molar-refractivity contribution is 9.09. The van der Waals surface area contributed by atoms with Gasteiger partial charge in [0, 0.05) is 19.7 Å². The minimum absolute atomic E-state index is 0. The number of esters is 3. The molecular weight excluding hydrogens is 901 g/mol. The molecule has 0 aromatic heterocycles. The Morgan fingerprint density at radius 1 is 0.646 bits per heavy atom. The second kappa shape index (κ2) is 32.5. The molecule has 0 radical (unpaired) electrons. The van der Waals surface area contributed by atoms with E-state index in [0.717, 1.165) is 86.1 Å². The Morgan fingerprint density at radius 3 is 1.49 bits per heavy atom. The van der Waals surface area contributed by atoms with Gasteiger partial charge in [-0.3, -0.25) is 14.4 Å². The summed E-state index contributed by atoms with van der Waals surface area (Å²) in [5.74, 6) is 1.33. The predicted molar refractivity (Wildman–Crippen MR) is 257 cm³/mol. The molecule has 3 N–H and O–H groups in total. The second-order valence-electron chi connectivity index (χ2n) is 14.1. The van der Waals surface area contributed by atoms with Crippen LogP contribution in [0.1, 0.15) is 74.4 Å². The highest BCUT2D eigenvalue weighted by atomic mass is 79.9. The van der Waals surface area contributed by atoms with Crippen molar-refractivity contribution in [3.05, 3.63) is 88.0 Å². The van der Waals surface area contributed by atoms with E-state index in [2.05, 4.69) is 42.7 Å². The third-order valence-corrected chi connectivity index (χ3v) is 9.94. The molecule has 1 atom stereocenters. The van der Waals surface area contributed by atoms with Crippen molar-refractivity contribution in [3.8, 4) is 17.2 Å². The zero-order chi connectivity index (χ0) is 46.5. The van der Waals surface area contributed by atoms with Crippen molar-refractivity contribution in [2.45, 2.75) is 85.6 Å². The van der Waals surface area contributed by atoms with Gasteiger partial charge in [-0.05, 0) is 144 Å². The van der Waals surface area contributed by atoms with E-state index in [1.807, 2.05) is 48.5 Å². The van der Waals surface area contributed by atoms with Gasteiger partial charge in [0.15, 0.2) is 13.2 Å². The lowest BCUT2D eigenvalue weighted by molar-refractivity contribution is -0.146. The number of hydrogen-bond donors (Lipinski definition) is 3. The molecule has 65 heavy (non-hydrogen) atoms. The minimum atomic E-state index is -0.393. The van der Waals surface area contributed by atoms with Gasteiger partial charge in [0.2, 0.25) is 11.8 Å². The van der Waals surface area contributed by atoms with Crippen LogP contribution in [0.5, 0.6) is 17.2 Å². The van der Waals surface area contributed by atoms with Crippen molar-refractivity contribution < 1.29 is 57.1 Å². The summed E-state index contributed by atoms with van der Waals surface area (Å²) in [5.41, 5.74) is 7.09. The molecule has 0 saturated carbocycles. The maximum Gasteiger partial charge on any atom is 0.344 e. The maximum absolute atomic E-state index is 11.5. The molecule has 15 nitrogen and oxygen atoms in total. The summed E-state index contributed by atoms with van der Waals surface area (Å²) >= 11 is 2.94. The topological polar surface area (TPSA) is 186 Å². The summed E-state index contributed by atoms with van der Waals surface area (Å²) in [5, 5.41) is 9.33. The van der Waals surface area contributed by atoms with E-state index in [4.69, 9.17) is 28.4 Å². The number of ether oxygens (including phenoxy) is 7. The summed E-state index contributed by atoms with van der Waals surface area (Å²) in [7, 11) is 2.16. The molecule has 1 saturated heterocycles. The van der Waals surface area contributed by atoms with E-state index >= 15 is 0 Å². The average molecular weight is 972 g/mol. The molecule has 0 spiro atoms. The van der Waals surface area contributed by atoms with Crippen LogP contribution < -0.4 is 30.2 Å². The van der Waals surface area contributed by atoms with E-state index in [1.54, 1.807) is 27.9 Å². The summed E-state index contributed by atoms with van der Waals surface area (Å²) in [6.07, 6.45) is 7.30. The molecule has 2 amide bonds. The summed E-state index contributed by atoms with van der Waals surface area (Å²) in [4.78, 5) is 55.3. The maximum atomic E-state index is 11.5.